The lowest BCUT2D eigenvalue weighted by Crippen LogP contribution is -2.40. The molecule has 6 nitrogen and oxygen atoms in total. The van der Waals surface area contributed by atoms with Crippen molar-refractivity contribution in [3.05, 3.63) is 59.7 Å². The maximum atomic E-state index is 12.6. The van der Waals surface area contributed by atoms with Crippen LogP contribution < -0.4 is 14.8 Å². The summed E-state index contributed by atoms with van der Waals surface area (Å²) < 4.78 is 10.6. The van der Waals surface area contributed by atoms with Crippen LogP contribution >= 0.6 is 0 Å². The third kappa shape index (κ3) is 4.70. The topological polar surface area (TPSA) is 67.9 Å². The van der Waals surface area contributed by atoms with Crippen LogP contribution in [0.1, 0.15) is 17.5 Å². The minimum absolute atomic E-state index is 0.107. The third-order valence-corrected chi connectivity index (χ3v) is 4.96. The predicted molar refractivity (Wildman–Crippen MR) is 107 cm³/mol. The Labute approximate surface area is 165 Å². The lowest BCUT2D eigenvalue weighted by Gasteiger charge is -2.16. The van der Waals surface area contributed by atoms with Gasteiger partial charge in [0.1, 0.15) is 0 Å². The van der Waals surface area contributed by atoms with Gasteiger partial charge in [-0.3, -0.25) is 14.5 Å². The summed E-state index contributed by atoms with van der Waals surface area (Å²) in [6.07, 6.45) is 1.62. The summed E-state index contributed by atoms with van der Waals surface area (Å²) in [5.74, 6) is 1.13. The molecule has 0 spiro atoms. The fourth-order valence-electron chi connectivity index (χ4n) is 3.39. The number of benzene rings is 2. The highest BCUT2D eigenvalue weighted by atomic mass is 16.5. The van der Waals surface area contributed by atoms with Crippen molar-refractivity contribution >= 4 is 11.8 Å². The number of carbonyl (C=O) groups is 2. The van der Waals surface area contributed by atoms with Crippen molar-refractivity contribution in [2.75, 3.05) is 27.3 Å². The Morgan fingerprint density at radius 1 is 0.964 bits per heavy atom. The fourth-order valence-corrected chi connectivity index (χ4v) is 3.39. The smallest absolute Gasteiger partial charge is 0.246 e. The molecule has 3 rings (SSSR count). The third-order valence-electron chi connectivity index (χ3n) is 4.96. The molecule has 1 saturated heterocycles. The second-order valence-corrected chi connectivity index (χ2v) is 6.77. The lowest BCUT2D eigenvalue weighted by molar-refractivity contribution is -0.138. The van der Waals surface area contributed by atoms with Crippen LogP contribution in [0.4, 0.5) is 0 Å². The highest BCUT2D eigenvalue weighted by Gasteiger charge is 2.37. The zero-order valence-electron chi connectivity index (χ0n) is 16.3. The molecule has 1 N–H and O–H groups in total. The van der Waals surface area contributed by atoms with E-state index in [9.17, 15) is 9.59 Å². The number of amides is 2. The first kappa shape index (κ1) is 19.9. The second-order valence-electron chi connectivity index (χ2n) is 6.77. The number of rotatable bonds is 9. The summed E-state index contributed by atoms with van der Waals surface area (Å²) in [6.45, 7) is 1.03. The molecule has 0 aliphatic carbocycles. The quantitative estimate of drug-likeness (QED) is 0.674. The number of hydrogen-bond acceptors (Lipinski definition) is 5. The van der Waals surface area contributed by atoms with Crippen LogP contribution in [0.5, 0.6) is 11.5 Å². The van der Waals surface area contributed by atoms with Crippen LogP contribution in [0, 0.1) is 0 Å². The molecule has 0 radical (unpaired) electrons. The van der Waals surface area contributed by atoms with Gasteiger partial charge < -0.3 is 14.8 Å². The zero-order chi connectivity index (χ0) is 19.9. The molecule has 0 aromatic heterocycles. The molecule has 1 aliphatic rings. The van der Waals surface area contributed by atoms with Crippen LogP contribution in [-0.2, 0) is 22.4 Å². The van der Waals surface area contributed by atoms with E-state index in [1.165, 1.54) is 4.90 Å². The SMILES string of the molecule is COc1ccc(CCN[C@@H]2CC(=O)N(CCc3ccccc3)C2=O)cc1OC. The Bertz CT molecular complexity index is 823. The lowest BCUT2D eigenvalue weighted by atomic mass is 10.1. The van der Waals surface area contributed by atoms with Gasteiger partial charge in [0, 0.05) is 6.54 Å². The van der Waals surface area contributed by atoms with Gasteiger partial charge in [-0.05, 0) is 42.6 Å². The van der Waals surface area contributed by atoms with Crippen molar-refractivity contribution in [3.63, 3.8) is 0 Å². The maximum absolute atomic E-state index is 12.6. The van der Waals surface area contributed by atoms with Gasteiger partial charge in [0.15, 0.2) is 11.5 Å². The molecular weight excluding hydrogens is 356 g/mol. The molecule has 2 aromatic carbocycles. The van der Waals surface area contributed by atoms with Crippen LogP contribution in [0.15, 0.2) is 48.5 Å². The van der Waals surface area contributed by atoms with Crippen LogP contribution in [0.25, 0.3) is 0 Å². The minimum atomic E-state index is -0.441. The molecule has 0 unspecified atom stereocenters. The molecule has 1 heterocycles. The first-order valence-electron chi connectivity index (χ1n) is 9.44. The molecule has 6 heteroatoms. The number of carbonyl (C=O) groups excluding carboxylic acids is 2. The summed E-state index contributed by atoms with van der Waals surface area (Å²) in [7, 11) is 3.21. The highest BCUT2D eigenvalue weighted by Crippen LogP contribution is 2.27. The normalized spacial score (nSPS) is 16.5. The Morgan fingerprint density at radius 3 is 2.43 bits per heavy atom. The Morgan fingerprint density at radius 2 is 1.71 bits per heavy atom. The highest BCUT2D eigenvalue weighted by molar-refractivity contribution is 6.05. The molecule has 2 amide bonds. The van der Waals surface area contributed by atoms with Gasteiger partial charge >= 0.3 is 0 Å². The number of methoxy groups -OCH3 is 2. The van der Waals surface area contributed by atoms with Gasteiger partial charge in [-0.2, -0.15) is 0 Å². The van der Waals surface area contributed by atoms with Crippen molar-refractivity contribution < 1.29 is 19.1 Å². The Hall–Kier alpha value is -2.86. The molecule has 148 valence electrons. The first-order valence-corrected chi connectivity index (χ1v) is 9.44. The van der Waals surface area contributed by atoms with Crippen LogP contribution in [-0.4, -0.2) is 50.1 Å². The number of likely N-dealkylation sites (tertiary alicyclic amines) is 1. The average molecular weight is 382 g/mol. The maximum Gasteiger partial charge on any atom is 0.246 e. The number of ether oxygens (including phenoxy) is 2. The fraction of sp³-hybridized carbons (Fsp3) is 0.364. The van der Waals surface area contributed by atoms with Gasteiger partial charge in [-0.25, -0.2) is 0 Å². The Kier molecular flexibility index (Phi) is 6.66. The van der Waals surface area contributed by atoms with Gasteiger partial charge in [0.25, 0.3) is 0 Å². The summed E-state index contributed by atoms with van der Waals surface area (Å²) in [4.78, 5) is 26.2. The van der Waals surface area contributed by atoms with E-state index < -0.39 is 6.04 Å². The van der Waals surface area contributed by atoms with E-state index in [1.807, 2.05) is 48.5 Å². The molecule has 1 fully saturated rings. The zero-order valence-corrected chi connectivity index (χ0v) is 16.3. The van der Waals surface area contributed by atoms with Crippen molar-refractivity contribution in [2.45, 2.75) is 25.3 Å². The summed E-state index contributed by atoms with van der Waals surface area (Å²) in [6, 6.07) is 15.2. The number of nitrogens with zero attached hydrogens (tertiary/aromatic N) is 1. The number of hydrogen-bond donors (Lipinski definition) is 1. The van der Waals surface area contributed by atoms with E-state index in [-0.39, 0.29) is 18.2 Å². The molecule has 1 atom stereocenters. The monoisotopic (exact) mass is 382 g/mol. The van der Waals surface area contributed by atoms with Crippen molar-refractivity contribution in [1.82, 2.24) is 10.2 Å². The van der Waals surface area contributed by atoms with E-state index in [0.717, 1.165) is 17.5 Å². The van der Waals surface area contributed by atoms with E-state index >= 15 is 0 Å². The van der Waals surface area contributed by atoms with E-state index in [1.54, 1.807) is 14.2 Å². The van der Waals surface area contributed by atoms with Gasteiger partial charge in [0.2, 0.25) is 11.8 Å². The van der Waals surface area contributed by atoms with Gasteiger partial charge in [0.05, 0.1) is 26.7 Å². The molecule has 1 aliphatic heterocycles. The average Bonchev–Trinajstić information content (AvgIpc) is 3.00. The molecular formula is C22H26N2O4. The standard InChI is InChI=1S/C22H26N2O4/c1-27-19-9-8-17(14-20(19)28-2)10-12-23-18-15-21(25)24(22(18)26)13-11-16-6-4-3-5-7-16/h3-9,14,18,23H,10-13,15H2,1-2H3/t18-/m1/s1. The Balaban J connectivity index is 1.50. The van der Waals surface area contributed by atoms with Crippen molar-refractivity contribution in [1.29, 1.82) is 0 Å². The largest absolute Gasteiger partial charge is 0.493 e. The predicted octanol–water partition coefficient (Wildman–Crippen LogP) is 2.21. The van der Waals surface area contributed by atoms with Gasteiger partial charge in [-0.15, -0.1) is 0 Å². The minimum Gasteiger partial charge on any atom is -0.493 e. The number of nitrogens with one attached hydrogen (secondary N) is 1. The van der Waals surface area contributed by atoms with E-state index in [2.05, 4.69) is 5.32 Å². The molecule has 28 heavy (non-hydrogen) atoms. The molecule has 2 aromatic rings. The molecule has 0 saturated carbocycles. The summed E-state index contributed by atoms with van der Waals surface area (Å²) >= 11 is 0. The number of imide groups is 1. The van der Waals surface area contributed by atoms with Crippen LogP contribution in [0.2, 0.25) is 0 Å². The summed E-state index contributed by atoms with van der Waals surface area (Å²) in [5.41, 5.74) is 2.19. The van der Waals surface area contributed by atoms with Gasteiger partial charge in [-0.1, -0.05) is 36.4 Å². The molecule has 0 bridgehead atoms. The van der Waals surface area contributed by atoms with E-state index in [4.69, 9.17) is 9.47 Å². The van der Waals surface area contributed by atoms with Crippen molar-refractivity contribution in [2.24, 2.45) is 0 Å². The second kappa shape index (κ2) is 9.37. The first-order chi connectivity index (χ1) is 13.6. The van der Waals surface area contributed by atoms with Crippen LogP contribution in [0.3, 0.4) is 0 Å². The van der Waals surface area contributed by atoms with E-state index in [0.29, 0.717) is 31.0 Å². The van der Waals surface area contributed by atoms with Crippen molar-refractivity contribution in [3.8, 4) is 11.5 Å². The summed E-state index contributed by atoms with van der Waals surface area (Å²) in [5, 5.41) is 3.22.